The Labute approximate surface area is 170 Å². The lowest BCUT2D eigenvalue weighted by Crippen LogP contribution is -2.20. The summed E-state index contributed by atoms with van der Waals surface area (Å²) in [5.41, 5.74) is 8.75. The number of hydrogen-bond donors (Lipinski definition) is 2. The molecule has 0 unspecified atom stereocenters. The van der Waals surface area contributed by atoms with Crippen molar-refractivity contribution in [3.05, 3.63) is 62.7 Å². The van der Waals surface area contributed by atoms with Crippen molar-refractivity contribution in [2.24, 2.45) is 10.8 Å². The minimum atomic E-state index is -0.548. The van der Waals surface area contributed by atoms with E-state index < -0.39 is 11.8 Å². The van der Waals surface area contributed by atoms with Gasteiger partial charge >= 0.3 is 5.91 Å². The van der Waals surface area contributed by atoms with Crippen LogP contribution in [0.5, 0.6) is 5.75 Å². The summed E-state index contributed by atoms with van der Waals surface area (Å²) in [6.07, 6.45) is 1.48. The summed E-state index contributed by atoms with van der Waals surface area (Å²) in [6, 6.07) is 12.1. The molecule has 9 heteroatoms. The van der Waals surface area contributed by atoms with Crippen LogP contribution in [0.25, 0.3) is 11.0 Å². The third-order valence-corrected chi connectivity index (χ3v) is 4.45. The first-order chi connectivity index (χ1) is 12.9. The second-order valence-corrected chi connectivity index (χ2v) is 7.21. The normalized spacial score (nSPS) is 11.0. The van der Waals surface area contributed by atoms with Crippen LogP contribution in [0.4, 0.5) is 0 Å². The monoisotopic (exact) mass is 493 g/mol. The summed E-state index contributed by atoms with van der Waals surface area (Å²) < 4.78 is 12.3. The van der Waals surface area contributed by atoms with Crippen molar-refractivity contribution in [3.8, 4) is 5.75 Å². The fourth-order valence-electron chi connectivity index (χ4n) is 2.21. The van der Waals surface area contributed by atoms with Crippen LogP contribution >= 0.6 is 31.9 Å². The summed E-state index contributed by atoms with van der Waals surface area (Å²) in [5, 5.41) is 4.70. The van der Waals surface area contributed by atoms with Gasteiger partial charge in [0.1, 0.15) is 11.3 Å². The number of primary amides is 1. The Kier molecular flexibility index (Phi) is 5.92. The zero-order valence-corrected chi connectivity index (χ0v) is 16.9. The van der Waals surface area contributed by atoms with Gasteiger partial charge in [-0.2, -0.15) is 5.10 Å². The molecule has 0 saturated heterocycles. The number of carbonyl (C=O) groups is 2. The van der Waals surface area contributed by atoms with Crippen LogP contribution in [-0.4, -0.2) is 24.6 Å². The second-order valence-electron chi connectivity index (χ2n) is 5.44. The number of ether oxygens (including phenoxy) is 1. The van der Waals surface area contributed by atoms with Gasteiger partial charge in [-0.05, 0) is 64.0 Å². The van der Waals surface area contributed by atoms with Crippen molar-refractivity contribution < 1.29 is 18.7 Å². The highest BCUT2D eigenvalue weighted by molar-refractivity contribution is 9.11. The number of nitrogens with two attached hydrogens (primary N) is 1. The molecule has 7 nitrogen and oxygen atoms in total. The molecule has 2 aromatic carbocycles. The predicted molar refractivity (Wildman–Crippen MR) is 108 cm³/mol. The Morgan fingerprint density at radius 3 is 2.63 bits per heavy atom. The molecule has 3 aromatic rings. The Morgan fingerprint density at radius 1 is 1.19 bits per heavy atom. The average Bonchev–Trinajstić information content (AvgIpc) is 3.05. The molecule has 0 spiro atoms. The first kappa shape index (κ1) is 19.1. The number of fused-ring (bicyclic) bond motifs is 1. The van der Waals surface area contributed by atoms with Gasteiger partial charge < -0.3 is 14.9 Å². The van der Waals surface area contributed by atoms with E-state index in [1.54, 1.807) is 30.3 Å². The highest BCUT2D eigenvalue weighted by Gasteiger charge is 2.14. The minimum Gasteiger partial charge on any atom is -0.484 e. The molecule has 0 saturated carbocycles. The van der Waals surface area contributed by atoms with E-state index in [1.807, 2.05) is 12.1 Å². The van der Waals surface area contributed by atoms with E-state index in [9.17, 15) is 9.59 Å². The largest absolute Gasteiger partial charge is 0.484 e. The average molecular weight is 495 g/mol. The van der Waals surface area contributed by atoms with Crippen molar-refractivity contribution in [3.63, 3.8) is 0 Å². The van der Waals surface area contributed by atoms with E-state index in [-0.39, 0.29) is 12.4 Å². The Hall–Kier alpha value is -2.65. The number of benzene rings is 2. The second kappa shape index (κ2) is 8.36. The molecule has 0 bridgehead atoms. The van der Waals surface area contributed by atoms with Crippen LogP contribution in [0, 0.1) is 0 Å². The van der Waals surface area contributed by atoms with Crippen LogP contribution in [0.2, 0.25) is 0 Å². The van der Waals surface area contributed by atoms with Crippen LogP contribution in [0.15, 0.2) is 60.9 Å². The molecule has 2 amide bonds. The highest BCUT2D eigenvalue weighted by atomic mass is 79.9. The van der Waals surface area contributed by atoms with Gasteiger partial charge in [0, 0.05) is 9.86 Å². The molecule has 0 radical (unpaired) electrons. The number of rotatable bonds is 6. The zero-order chi connectivity index (χ0) is 19.4. The summed E-state index contributed by atoms with van der Waals surface area (Å²) in [5.74, 6) is -0.356. The topological polar surface area (TPSA) is 107 Å². The van der Waals surface area contributed by atoms with Crippen LogP contribution in [-0.2, 0) is 4.79 Å². The molecular weight excluding hydrogens is 482 g/mol. The number of nitrogens with one attached hydrogen (secondary N) is 1. The van der Waals surface area contributed by atoms with Crippen LogP contribution < -0.4 is 15.9 Å². The Bertz CT molecular complexity index is 1030. The van der Waals surface area contributed by atoms with E-state index in [0.29, 0.717) is 11.3 Å². The molecule has 0 aliphatic carbocycles. The molecule has 0 aliphatic heterocycles. The molecule has 0 fully saturated rings. The summed E-state index contributed by atoms with van der Waals surface area (Å²) in [4.78, 5) is 22.9. The number of furan rings is 1. The highest BCUT2D eigenvalue weighted by Crippen LogP contribution is 2.30. The third kappa shape index (κ3) is 4.95. The van der Waals surface area contributed by atoms with Crippen molar-refractivity contribution >= 4 is 60.9 Å². The Morgan fingerprint density at radius 2 is 1.93 bits per heavy atom. The molecule has 1 heterocycles. The smallest absolute Gasteiger partial charge is 0.307 e. The van der Waals surface area contributed by atoms with Gasteiger partial charge in [-0.15, -0.1) is 0 Å². The fourth-order valence-corrected chi connectivity index (χ4v) is 3.55. The van der Waals surface area contributed by atoms with Gasteiger partial charge in [0.15, 0.2) is 12.4 Å². The number of amides is 2. The maximum absolute atomic E-state index is 12.2. The standard InChI is InChI=1S/C18H13Br2N3O4/c19-12-5-11-6-15(27-17(11)14(20)7-12)18(25)23-22-8-10-1-3-13(4-2-10)26-9-16(21)24/h1-8H,9H2,(H2,21,24)(H,23,25)/b22-8-. The van der Waals surface area contributed by atoms with E-state index >= 15 is 0 Å². The molecule has 3 N–H and O–H groups in total. The molecule has 138 valence electrons. The van der Waals surface area contributed by atoms with Gasteiger partial charge in [-0.1, -0.05) is 15.9 Å². The van der Waals surface area contributed by atoms with Crippen molar-refractivity contribution in [1.29, 1.82) is 0 Å². The van der Waals surface area contributed by atoms with E-state index in [0.717, 1.165) is 19.9 Å². The zero-order valence-electron chi connectivity index (χ0n) is 13.7. The lowest BCUT2D eigenvalue weighted by molar-refractivity contribution is -0.119. The van der Waals surface area contributed by atoms with Crippen LogP contribution in [0.1, 0.15) is 16.1 Å². The lowest BCUT2D eigenvalue weighted by Gasteiger charge is -2.03. The van der Waals surface area contributed by atoms with Gasteiger partial charge in [0.2, 0.25) is 0 Å². The molecule has 27 heavy (non-hydrogen) atoms. The number of hydrazone groups is 1. The molecular formula is C18H13Br2N3O4. The molecule has 3 rings (SSSR count). The van der Waals surface area contributed by atoms with E-state index in [4.69, 9.17) is 14.9 Å². The molecule has 1 aromatic heterocycles. The van der Waals surface area contributed by atoms with Gasteiger partial charge in [-0.25, -0.2) is 5.43 Å². The Balaban J connectivity index is 1.63. The van der Waals surface area contributed by atoms with Crippen molar-refractivity contribution in [1.82, 2.24) is 5.43 Å². The molecule has 0 aliphatic rings. The van der Waals surface area contributed by atoms with Gasteiger partial charge in [-0.3, -0.25) is 9.59 Å². The number of carbonyl (C=O) groups excluding carboxylic acids is 2. The molecule has 0 atom stereocenters. The van der Waals surface area contributed by atoms with Crippen molar-refractivity contribution in [2.75, 3.05) is 6.61 Å². The fraction of sp³-hybridized carbons (Fsp3) is 0.0556. The lowest BCUT2D eigenvalue weighted by atomic mass is 10.2. The maximum atomic E-state index is 12.2. The van der Waals surface area contributed by atoms with E-state index in [2.05, 4.69) is 42.4 Å². The van der Waals surface area contributed by atoms with Gasteiger partial charge in [0.25, 0.3) is 5.91 Å². The SMILES string of the molecule is NC(=O)COc1ccc(/C=N\NC(=O)c2cc3cc(Br)cc(Br)c3o2)cc1. The number of nitrogens with zero attached hydrogens (tertiary/aromatic N) is 1. The number of halogens is 2. The quantitative estimate of drug-likeness (QED) is 0.403. The predicted octanol–water partition coefficient (Wildman–Crippen LogP) is 3.59. The van der Waals surface area contributed by atoms with Gasteiger partial charge in [0.05, 0.1) is 10.7 Å². The maximum Gasteiger partial charge on any atom is 0.307 e. The first-order valence-electron chi connectivity index (χ1n) is 7.65. The van der Waals surface area contributed by atoms with Crippen LogP contribution in [0.3, 0.4) is 0 Å². The minimum absolute atomic E-state index is 0.149. The third-order valence-electron chi connectivity index (χ3n) is 3.40. The summed E-state index contributed by atoms with van der Waals surface area (Å²) in [7, 11) is 0. The van der Waals surface area contributed by atoms with Crippen molar-refractivity contribution in [2.45, 2.75) is 0 Å². The number of hydrogen-bond acceptors (Lipinski definition) is 5. The summed E-state index contributed by atoms with van der Waals surface area (Å²) >= 11 is 6.79. The first-order valence-corrected chi connectivity index (χ1v) is 9.24. The summed E-state index contributed by atoms with van der Waals surface area (Å²) in [6.45, 7) is -0.187. The van der Waals surface area contributed by atoms with E-state index in [1.165, 1.54) is 6.21 Å².